The molecular formula is C11H21N5O2. The highest BCUT2D eigenvalue weighted by molar-refractivity contribution is 5.27. The van der Waals surface area contributed by atoms with Crippen LogP contribution in [0.3, 0.4) is 0 Å². The molecule has 0 radical (unpaired) electrons. The lowest BCUT2D eigenvalue weighted by atomic mass is 10.1. The van der Waals surface area contributed by atoms with Gasteiger partial charge in [0.1, 0.15) is 0 Å². The van der Waals surface area contributed by atoms with Gasteiger partial charge in [0.05, 0.1) is 14.2 Å². The monoisotopic (exact) mass is 255 g/mol. The van der Waals surface area contributed by atoms with Crippen LogP contribution >= 0.6 is 0 Å². The lowest BCUT2D eigenvalue weighted by Crippen LogP contribution is -2.13. The zero-order valence-corrected chi connectivity index (χ0v) is 11.1. The summed E-state index contributed by atoms with van der Waals surface area (Å²) in [4.78, 5) is 12.1. The normalized spacial score (nSPS) is 12.0. The van der Waals surface area contributed by atoms with Crippen molar-refractivity contribution >= 4 is 5.95 Å². The van der Waals surface area contributed by atoms with Crippen LogP contribution in [0.1, 0.15) is 19.8 Å². The maximum Gasteiger partial charge on any atom is 0.324 e. The number of methoxy groups -OCH3 is 2. The summed E-state index contributed by atoms with van der Waals surface area (Å²) in [5, 5.41) is 3.11. The highest BCUT2D eigenvalue weighted by Crippen LogP contribution is 2.12. The molecule has 1 rings (SSSR count). The average molecular weight is 255 g/mol. The number of anilines is 1. The molecule has 0 aliphatic carbocycles. The van der Waals surface area contributed by atoms with Crippen molar-refractivity contribution in [2.45, 2.75) is 19.8 Å². The molecule has 0 aliphatic heterocycles. The third kappa shape index (κ3) is 4.70. The molecule has 0 saturated carbocycles. The second kappa shape index (κ2) is 7.65. The summed E-state index contributed by atoms with van der Waals surface area (Å²) in [7, 11) is 3.00. The first kappa shape index (κ1) is 14.4. The number of hydrogen-bond donors (Lipinski definition) is 2. The second-order valence-electron chi connectivity index (χ2n) is 4.04. The second-order valence-corrected chi connectivity index (χ2v) is 4.04. The van der Waals surface area contributed by atoms with E-state index in [4.69, 9.17) is 15.2 Å². The molecule has 1 atom stereocenters. The van der Waals surface area contributed by atoms with Gasteiger partial charge in [-0.1, -0.05) is 6.92 Å². The van der Waals surface area contributed by atoms with Gasteiger partial charge in [0.15, 0.2) is 0 Å². The van der Waals surface area contributed by atoms with Gasteiger partial charge < -0.3 is 20.5 Å². The Morgan fingerprint density at radius 2 is 1.78 bits per heavy atom. The molecule has 18 heavy (non-hydrogen) atoms. The predicted molar refractivity (Wildman–Crippen MR) is 68.9 cm³/mol. The van der Waals surface area contributed by atoms with Gasteiger partial charge in [-0.25, -0.2) is 0 Å². The van der Waals surface area contributed by atoms with E-state index < -0.39 is 0 Å². The minimum absolute atomic E-state index is 0.236. The standard InChI is InChI=1S/C11H21N5O2/c1-8(7-12)5-4-6-13-9-14-10(17-2)16-11(15-9)18-3/h8H,4-7,12H2,1-3H3,(H,13,14,15,16). The van der Waals surface area contributed by atoms with Gasteiger partial charge in [0.25, 0.3) is 0 Å². The van der Waals surface area contributed by atoms with Gasteiger partial charge in [-0.15, -0.1) is 4.98 Å². The zero-order chi connectivity index (χ0) is 13.4. The van der Waals surface area contributed by atoms with E-state index in [2.05, 4.69) is 27.2 Å². The van der Waals surface area contributed by atoms with Crippen LogP contribution in [-0.4, -0.2) is 42.3 Å². The summed E-state index contributed by atoms with van der Waals surface area (Å²) in [6.07, 6.45) is 2.08. The Kier molecular flexibility index (Phi) is 6.13. The first-order valence-corrected chi connectivity index (χ1v) is 5.97. The van der Waals surface area contributed by atoms with E-state index in [-0.39, 0.29) is 12.0 Å². The fourth-order valence-electron chi connectivity index (χ4n) is 1.37. The molecule has 0 bridgehead atoms. The summed E-state index contributed by atoms with van der Waals surface area (Å²) >= 11 is 0. The van der Waals surface area contributed by atoms with Crippen LogP contribution in [0.4, 0.5) is 5.95 Å². The summed E-state index contributed by atoms with van der Waals surface area (Å²) in [5.41, 5.74) is 5.55. The molecule has 1 aromatic heterocycles. The van der Waals surface area contributed by atoms with Crippen LogP contribution in [0.15, 0.2) is 0 Å². The smallest absolute Gasteiger partial charge is 0.324 e. The molecule has 0 aromatic carbocycles. The first-order chi connectivity index (χ1) is 8.69. The van der Waals surface area contributed by atoms with Crippen LogP contribution in [0.5, 0.6) is 12.0 Å². The number of aromatic nitrogens is 3. The number of nitrogens with zero attached hydrogens (tertiary/aromatic N) is 3. The highest BCUT2D eigenvalue weighted by atomic mass is 16.5. The maximum absolute atomic E-state index is 5.55. The van der Waals surface area contributed by atoms with Crippen molar-refractivity contribution in [2.75, 3.05) is 32.6 Å². The number of hydrogen-bond acceptors (Lipinski definition) is 7. The van der Waals surface area contributed by atoms with Crippen LogP contribution in [0, 0.1) is 5.92 Å². The molecule has 0 saturated heterocycles. The highest BCUT2D eigenvalue weighted by Gasteiger charge is 2.06. The van der Waals surface area contributed by atoms with E-state index in [1.165, 1.54) is 14.2 Å². The molecule has 0 fully saturated rings. The molecule has 7 heteroatoms. The Balaban J connectivity index is 2.46. The molecule has 3 N–H and O–H groups in total. The van der Waals surface area contributed by atoms with E-state index >= 15 is 0 Å². The minimum Gasteiger partial charge on any atom is -0.467 e. The van der Waals surface area contributed by atoms with Gasteiger partial charge in [-0.2, -0.15) is 9.97 Å². The number of ether oxygens (including phenoxy) is 2. The summed E-state index contributed by atoms with van der Waals surface area (Å²) in [6.45, 7) is 3.63. The third-order valence-electron chi connectivity index (χ3n) is 2.52. The van der Waals surface area contributed by atoms with Crippen molar-refractivity contribution in [2.24, 2.45) is 11.7 Å². The van der Waals surface area contributed by atoms with E-state index in [0.29, 0.717) is 18.4 Å². The van der Waals surface area contributed by atoms with Crippen LogP contribution < -0.4 is 20.5 Å². The van der Waals surface area contributed by atoms with Crippen LogP contribution in [0.25, 0.3) is 0 Å². The Hall–Kier alpha value is -1.63. The van der Waals surface area contributed by atoms with Gasteiger partial charge in [-0.3, -0.25) is 0 Å². The fraction of sp³-hybridized carbons (Fsp3) is 0.727. The predicted octanol–water partition coefficient (Wildman–Crippen LogP) is 0.676. The average Bonchev–Trinajstić information content (AvgIpc) is 2.42. The molecule has 1 heterocycles. The molecule has 102 valence electrons. The molecule has 1 unspecified atom stereocenters. The molecule has 1 aromatic rings. The van der Waals surface area contributed by atoms with Crippen molar-refractivity contribution in [1.29, 1.82) is 0 Å². The Morgan fingerprint density at radius 3 is 2.28 bits per heavy atom. The first-order valence-electron chi connectivity index (χ1n) is 5.97. The number of nitrogens with two attached hydrogens (primary N) is 1. The maximum atomic E-state index is 5.55. The number of rotatable bonds is 8. The lowest BCUT2D eigenvalue weighted by Gasteiger charge is -2.09. The van der Waals surface area contributed by atoms with E-state index in [9.17, 15) is 0 Å². The van der Waals surface area contributed by atoms with E-state index in [1.54, 1.807) is 0 Å². The zero-order valence-electron chi connectivity index (χ0n) is 11.1. The van der Waals surface area contributed by atoms with Gasteiger partial charge in [-0.05, 0) is 25.3 Å². The van der Waals surface area contributed by atoms with Gasteiger partial charge in [0, 0.05) is 6.54 Å². The molecular weight excluding hydrogens is 234 g/mol. The van der Waals surface area contributed by atoms with Crippen LogP contribution in [0.2, 0.25) is 0 Å². The fourth-order valence-corrected chi connectivity index (χ4v) is 1.37. The van der Waals surface area contributed by atoms with Gasteiger partial charge in [0.2, 0.25) is 5.95 Å². The largest absolute Gasteiger partial charge is 0.467 e. The summed E-state index contributed by atoms with van der Waals surface area (Å²) < 4.78 is 9.92. The minimum atomic E-state index is 0.236. The summed E-state index contributed by atoms with van der Waals surface area (Å²) in [5.74, 6) is 0.994. The lowest BCUT2D eigenvalue weighted by molar-refractivity contribution is 0.341. The summed E-state index contributed by atoms with van der Waals surface area (Å²) in [6, 6.07) is 0.472. The number of nitrogens with one attached hydrogen (secondary N) is 1. The van der Waals surface area contributed by atoms with Crippen molar-refractivity contribution in [3.05, 3.63) is 0 Å². The topological polar surface area (TPSA) is 95.2 Å². The van der Waals surface area contributed by atoms with Crippen molar-refractivity contribution < 1.29 is 9.47 Å². The molecule has 0 aliphatic rings. The Labute approximate surface area is 107 Å². The Morgan fingerprint density at radius 1 is 1.17 bits per heavy atom. The quantitative estimate of drug-likeness (QED) is 0.659. The van der Waals surface area contributed by atoms with Crippen molar-refractivity contribution in [3.63, 3.8) is 0 Å². The van der Waals surface area contributed by atoms with Gasteiger partial charge >= 0.3 is 12.0 Å². The van der Waals surface area contributed by atoms with E-state index in [0.717, 1.165) is 19.4 Å². The molecule has 7 nitrogen and oxygen atoms in total. The SMILES string of the molecule is COc1nc(NCCCC(C)CN)nc(OC)n1. The van der Waals surface area contributed by atoms with Crippen molar-refractivity contribution in [1.82, 2.24) is 15.0 Å². The molecule has 0 amide bonds. The Bertz CT molecular complexity index is 339. The van der Waals surface area contributed by atoms with E-state index in [1.807, 2.05) is 0 Å². The van der Waals surface area contributed by atoms with Crippen LogP contribution in [-0.2, 0) is 0 Å². The van der Waals surface area contributed by atoms with Crippen molar-refractivity contribution in [3.8, 4) is 12.0 Å². The molecule has 0 spiro atoms. The third-order valence-corrected chi connectivity index (χ3v) is 2.52.